The number of carbonyl (C=O) groups excluding carboxylic acids is 2. The van der Waals surface area contributed by atoms with Crippen LogP contribution in [0.4, 0.5) is 5.69 Å². The number of phenolic OH excluding ortho intramolecular Hbond substituents is 2. The summed E-state index contributed by atoms with van der Waals surface area (Å²) in [6.07, 6.45) is 1.24. The van der Waals surface area contributed by atoms with Gasteiger partial charge in [-0.2, -0.15) is 0 Å². The molecule has 12 heteroatoms. The first kappa shape index (κ1) is 31.1. The van der Waals surface area contributed by atoms with Crippen LogP contribution in [0.15, 0.2) is 65.7 Å². The van der Waals surface area contributed by atoms with Gasteiger partial charge in [-0.1, -0.05) is 29.8 Å². The highest BCUT2D eigenvalue weighted by atomic mass is 35.5. The van der Waals surface area contributed by atoms with Crippen LogP contribution in [0.5, 0.6) is 17.2 Å². The molecule has 0 radical (unpaired) electrons. The zero-order valence-corrected chi connectivity index (χ0v) is 25.4. The van der Waals surface area contributed by atoms with Crippen molar-refractivity contribution in [2.45, 2.75) is 51.5 Å². The molecular weight excluding hydrogens is 584 g/mol. The molecule has 232 valence electrons. The van der Waals surface area contributed by atoms with Gasteiger partial charge in [0.1, 0.15) is 11.9 Å². The number of carbonyl (C=O) groups is 2. The Morgan fingerprint density at radius 2 is 1.84 bits per heavy atom. The molecule has 6 N–H and O–H groups in total. The summed E-state index contributed by atoms with van der Waals surface area (Å²) in [5.74, 6) is -0.623. The van der Waals surface area contributed by atoms with Gasteiger partial charge in [0.25, 0.3) is 5.91 Å². The molecule has 2 amide bonds. The minimum absolute atomic E-state index is 0.0255. The maximum atomic E-state index is 12.7. The summed E-state index contributed by atoms with van der Waals surface area (Å²) in [5, 5.41) is 25.8. The third-order valence-electron chi connectivity index (χ3n) is 7.59. The number of benzene rings is 3. The second-order valence-corrected chi connectivity index (χ2v) is 11.1. The van der Waals surface area contributed by atoms with Gasteiger partial charge in [0, 0.05) is 34.9 Å². The van der Waals surface area contributed by atoms with E-state index in [2.05, 4.69) is 33.3 Å². The lowest BCUT2D eigenvalue weighted by Gasteiger charge is -2.31. The zero-order valence-electron chi connectivity index (χ0n) is 24.6. The molecule has 0 spiro atoms. The number of amides is 2. The van der Waals surface area contributed by atoms with Crippen LogP contribution in [-0.4, -0.2) is 65.8 Å². The summed E-state index contributed by atoms with van der Waals surface area (Å²) in [6, 6.07) is 17.3. The van der Waals surface area contributed by atoms with E-state index in [0.717, 1.165) is 22.5 Å². The highest BCUT2D eigenvalue weighted by Crippen LogP contribution is 2.36. The highest BCUT2D eigenvalue weighted by molar-refractivity contribution is 6.30. The minimum Gasteiger partial charge on any atom is -0.504 e. The third-order valence-corrected chi connectivity index (χ3v) is 7.84. The number of aromatic hydroxyl groups is 2. The highest BCUT2D eigenvalue weighted by Gasteiger charge is 2.40. The van der Waals surface area contributed by atoms with E-state index in [0.29, 0.717) is 43.3 Å². The van der Waals surface area contributed by atoms with Gasteiger partial charge in [-0.05, 0) is 69.2 Å². The lowest BCUT2D eigenvalue weighted by atomic mass is 9.99. The number of rotatable bonds is 11. The first-order valence-electron chi connectivity index (χ1n) is 14.7. The van der Waals surface area contributed by atoms with E-state index in [-0.39, 0.29) is 42.0 Å². The molecule has 1 saturated heterocycles. The minimum atomic E-state index is -0.456. The van der Waals surface area contributed by atoms with Crippen molar-refractivity contribution >= 4 is 34.8 Å². The molecule has 3 aromatic rings. The Morgan fingerprint density at radius 3 is 2.61 bits per heavy atom. The van der Waals surface area contributed by atoms with E-state index in [1.165, 1.54) is 18.2 Å². The monoisotopic (exact) mass is 620 g/mol. The standard InChI is InChI=1S/C32H37ClN6O5/c1-3-34-28(41)18-25-31-38-37-19(2)39(31)26-14-13-22(17-24(26)29(36-25)20-9-11-21(33)12-10-20)44-16-5-4-15-35-32(43)23-7-6-8-27(40)30(23)42/h6-14,17,19,25,31,37-38,40,42H,3-5,15-16,18H2,1-2H3,(H,34,41)(H,35,43)/t19?,25-,31?/m0/s1. The Hall–Kier alpha value is -4.32. The quantitative estimate of drug-likeness (QED) is 0.141. The van der Waals surface area contributed by atoms with Crippen LogP contribution in [-0.2, 0) is 4.79 Å². The van der Waals surface area contributed by atoms with Crippen LogP contribution in [0.1, 0.15) is 54.6 Å². The van der Waals surface area contributed by atoms with Gasteiger partial charge in [-0.25, -0.2) is 10.9 Å². The molecule has 5 rings (SSSR count). The Labute approximate surface area is 261 Å². The Bertz CT molecular complexity index is 1530. The second-order valence-electron chi connectivity index (χ2n) is 10.7. The maximum Gasteiger partial charge on any atom is 0.255 e. The number of nitrogens with one attached hydrogen (secondary N) is 4. The Balaban J connectivity index is 1.32. The summed E-state index contributed by atoms with van der Waals surface area (Å²) in [4.78, 5) is 32.4. The van der Waals surface area contributed by atoms with E-state index in [9.17, 15) is 19.8 Å². The molecule has 0 aromatic heterocycles. The van der Waals surface area contributed by atoms with E-state index in [1.54, 1.807) is 0 Å². The van der Waals surface area contributed by atoms with Gasteiger partial charge < -0.3 is 30.5 Å². The summed E-state index contributed by atoms with van der Waals surface area (Å²) in [7, 11) is 0. The molecule has 0 aliphatic carbocycles. The zero-order chi connectivity index (χ0) is 31.2. The van der Waals surface area contributed by atoms with Crippen molar-refractivity contribution < 1.29 is 24.5 Å². The molecule has 3 aromatic carbocycles. The number of para-hydroxylation sites is 1. The summed E-state index contributed by atoms with van der Waals surface area (Å²) >= 11 is 6.21. The molecule has 44 heavy (non-hydrogen) atoms. The van der Waals surface area contributed by atoms with E-state index in [1.807, 2.05) is 49.4 Å². The van der Waals surface area contributed by atoms with Crippen molar-refractivity contribution in [1.82, 2.24) is 21.5 Å². The molecule has 2 unspecified atom stereocenters. The predicted octanol–water partition coefficient (Wildman–Crippen LogP) is 3.67. The molecule has 3 atom stereocenters. The Morgan fingerprint density at radius 1 is 1.05 bits per heavy atom. The van der Waals surface area contributed by atoms with Gasteiger partial charge in [-0.3, -0.25) is 14.6 Å². The summed E-state index contributed by atoms with van der Waals surface area (Å²) < 4.78 is 6.13. The van der Waals surface area contributed by atoms with Crippen LogP contribution in [0.3, 0.4) is 0 Å². The van der Waals surface area contributed by atoms with Crippen LogP contribution in [0.2, 0.25) is 5.02 Å². The van der Waals surface area contributed by atoms with Gasteiger partial charge in [-0.15, -0.1) is 0 Å². The first-order chi connectivity index (χ1) is 21.3. The second kappa shape index (κ2) is 14.0. The molecule has 1 fully saturated rings. The van der Waals surface area contributed by atoms with Crippen molar-refractivity contribution in [3.05, 3.63) is 82.4 Å². The predicted molar refractivity (Wildman–Crippen MR) is 169 cm³/mol. The lowest BCUT2D eigenvalue weighted by Crippen LogP contribution is -2.47. The topological polar surface area (TPSA) is 148 Å². The SMILES string of the molecule is CCNC(=O)C[C@@H]1N=C(c2ccc(Cl)cc2)c2cc(OCCCCNC(=O)c3cccc(O)c3O)ccc2N2C(C)NNC12. The van der Waals surface area contributed by atoms with Crippen molar-refractivity contribution in [1.29, 1.82) is 0 Å². The van der Waals surface area contributed by atoms with Crippen LogP contribution in [0.25, 0.3) is 0 Å². The fraction of sp³-hybridized carbons (Fsp3) is 0.344. The number of unbranched alkanes of at least 4 members (excludes halogenated alkanes) is 1. The number of hydrogen-bond acceptors (Lipinski definition) is 9. The van der Waals surface area contributed by atoms with E-state index in [4.69, 9.17) is 21.3 Å². The third kappa shape index (κ3) is 6.91. The van der Waals surface area contributed by atoms with Crippen molar-refractivity contribution in [3.63, 3.8) is 0 Å². The normalized spacial score (nSPS) is 18.9. The van der Waals surface area contributed by atoms with Gasteiger partial charge >= 0.3 is 0 Å². The average Bonchev–Trinajstić information content (AvgIpc) is 3.33. The first-order valence-corrected chi connectivity index (χ1v) is 15.1. The molecule has 11 nitrogen and oxygen atoms in total. The van der Waals surface area contributed by atoms with Crippen molar-refractivity contribution in [2.75, 3.05) is 24.6 Å². The number of halogens is 1. The van der Waals surface area contributed by atoms with Gasteiger partial charge in [0.2, 0.25) is 5.91 Å². The number of aliphatic imine (C=N–C) groups is 1. The van der Waals surface area contributed by atoms with E-state index >= 15 is 0 Å². The number of anilines is 1. The number of hydrogen-bond donors (Lipinski definition) is 6. The van der Waals surface area contributed by atoms with Crippen LogP contribution < -0.4 is 31.1 Å². The molecule has 2 aliphatic rings. The molecule has 0 bridgehead atoms. The molecular formula is C32H37ClN6O5. The largest absolute Gasteiger partial charge is 0.504 e. The number of nitrogens with zero attached hydrogens (tertiary/aromatic N) is 2. The molecule has 2 aliphatic heterocycles. The molecule has 0 saturated carbocycles. The number of phenols is 2. The van der Waals surface area contributed by atoms with Crippen LogP contribution in [0, 0.1) is 0 Å². The number of ether oxygens (including phenoxy) is 1. The summed E-state index contributed by atoms with van der Waals surface area (Å²) in [6.45, 7) is 5.30. The summed E-state index contributed by atoms with van der Waals surface area (Å²) in [5.41, 5.74) is 10.1. The lowest BCUT2D eigenvalue weighted by molar-refractivity contribution is -0.121. The van der Waals surface area contributed by atoms with Gasteiger partial charge in [0.15, 0.2) is 11.5 Å². The smallest absolute Gasteiger partial charge is 0.255 e. The fourth-order valence-electron chi connectivity index (χ4n) is 5.43. The van der Waals surface area contributed by atoms with Crippen LogP contribution >= 0.6 is 11.6 Å². The maximum absolute atomic E-state index is 12.7. The number of hydrazine groups is 1. The molecule has 2 heterocycles. The number of fused-ring (bicyclic) bond motifs is 3. The van der Waals surface area contributed by atoms with Crippen molar-refractivity contribution in [3.8, 4) is 17.2 Å². The van der Waals surface area contributed by atoms with Gasteiger partial charge in [0.05, 0.1) is 36.5 Å². The fourth-order valence-corrected chi connectivity index (χ4v) is 5.56. The van der Waals surface area contributed by atoms with Crippen molar-refractivity contribution in [2.24, 2.45) is 4.99 Å². The van der Waals surface area contributed by atoms with E-state index < -0.39 is 11.7 Å². The average molecular weight is 621 g/mol. The Kier molecular flexibility index (Phi) is 9.89.